The van der Waals surface area contributed by atoms with Crippen LogP contribution in [0.15, 0.2) is 24.3 Å². The van der Waals surface area contributed by atoms with Crippen LogP contribution in [0.5, 0.6) is 0 Å². The maximum absolute atomic E-state index is 13.0. The molecule has 560 valence electrons. The zero-order valence-corrected chi connectivity index (χ0v) is 63.4. The van der Waals surface area contributed by atoms with Crippen LogP contribution < -0.4 is 0 Å². The van der Waals surface area contributed by atoms with E-state index in [-0.39, 0.29) is 25.7 Å². The van der Waals surface area contributed by atoms with Crippen molar-refractivity contribution >= 4 is 39.5 Å². The number of aliphatic hydroxyl groups is 1. The van der Waals surface area contributed by atoms with Crippen molar-refractivity contribution in [2.24, 2.45) is 17.8 Å². The van der Waals surface area contributed by atoms with E-state index >= 15 is 0 Å². The Morgan fingerprint density at radius 3 is 0.853 bits per heavy atom. The molecule has 0 fully saturated rings. The average molecular weight is 1390 g/mol. The first-order valence-corrected chi connectivity index (χ1v) is 41.7. The van der Waals surface area contributed by atoms with Crippen LogP contribution >= 0.6 is 15.6 Å². The van der Waals surface area contributed by atoms with E-state index in [1.165, 1.54) is 154 Å². The van der Waals surface area contributed by atoms with E-state index in [2.05, 4.69) is 72.8 Å². The fourth-order valence-electron chi connectivity index (χ4n) is 11.1. The Bertz CT molecular complexity index is 1950. The predicted molar refractivity (Wildman–Crippen MR) is 386 cm³/mol. The minimum atomic E-state index is -4.96. The van der Waals surface area contributed by atoms with Crippen LogP contribution in [0.4, 0.5) is 0 Å². The molecular weight excluding hydrogens is 1250 g/mol. The Morgan fingerprint density at radius 1 is 0.326 bits per heavy atom. The van der Waals surface area contributed by atoms with Gasteiger partial charge in [0.05, 0.1) is 26.4 Å². The SMILES string of the molecule is CCCCCC/C=C\C=C/CCCCCCCC(=O)O[C@H](COC(=O)CCCCCCCCC(C)C)COP(=O)(O)OC[C@H](O)COP(=O)(O)OC[C@@H](COC(=O)CCCCCCCCCCCCCCCCCCCCC(C)C)OC(=O)CCCCCCCCCC(C)C. The van der Waals surface area contributed by atoms with Crippen LogP contribution in [-0.4, -0.2) is 96.7 Å². The molecule has 95 heavy (non-hydrogen) atoms. The molecule has 0 aliphatic heterocycles. The molecule has 19 heteroatoms. The minimum absolute atomic E-state index is 0.0836. The molecule has 0 bridgehead atoms. The van der Waals surface area contributed by atoms with Gasteiger partial charge in [-0.25, -0.2) is 9.13 Å². The van der Waals surface area contributed by atoms with Crippen LogP contribution in [0.3, 0.4) is 0 Å². The molecule has 17 nitrogen and oxygen atoms in total. The molecule has 0 radical (unpaired) electrons. The monoisotopic (exact) mass is 1390 g/mol. The van der Waals surface area contributed by atoms with Crippen molar-refractivity contribution in [3.63, 3.8) is 0 Å². The highest BCUT2D eigenvalue weighted by atomic mass is 31.2. The molecular formula is C76H144O17P2. The molecule has 0 saturated heterocycles. The third kappa shape index (κ3) is 69.8. The van der Waals surface area contributed by atoms with Gasteiger partial charge in [-0.05, 0) is 69.1 Å². The summed E-state index contributed by atoms with van der Waals surface area (Å²) in [5.74, 6) is 0.0370. The summed E-state index contributed by atoms with van der Waals surface area (Å²) in [6.07, 6.45) is 55.4. The van der Waals surface area contributed by atoms with Gasteiger partial charge in [-0.2, -0.15) is 0 Å². The van der Waals surface area contributed by atoms with Crippen molar-refractivity contribution in [2.45, 2.75) is 381 Å². The molecule has 3 N–H and O–H groups in total. The first-order chi connectivity index (χ1) is 45.7. The van der Waals surface area contributed by atoms with Crippen LogP contribution in [0.1, 0.15) is 363 Å². The summed E-state index contributed by atoms with van der Waals surface area (Å²) in [6, 6.07) is 0. The zero-order valence-electron chi connectivity index (χ0n) is 61.6. The Balaban J connectivity index is 5.16. The standard InChI is InChI=1S/C76H144O17P2/c1-8-9-10-11-12-13-14-15-20-25-28-31-36-45-52-59-75(80)92-72(64-87-74(79)58-51-44-39-38-42-49-56-69(6)7)66-91-95(84,85)89-62-70(77)61-88-94(82,83)90-65-71(93-76(81)60-53-46-37-32-34-41-48-55-68(4)5)63-86-73(78)57-50-43-35-30-27-24-22-19-17-16-18-21-23-26-29-33-40-47-54-67(2)3/h13-15,20,67-72,77H,8-12,16-19,21-66H2,1-7H3,(H,82,83)(H,84,85)/b14-13-,20-15-/t70-,71-,72-/m1/s1. The van der Waals surface area contributed by atoms with Crippen molar-refractivity contribution < 1.29 is 80.2 Å². The van der Waals surface area contributed by atoms with E-state index in [9.17, 15) is 43.2 Å². The van der Waals surface area contributed by atoms with Gasteiger partial charge in [0.2, 0.25) is 0 Å². The van der Waals surface area contributed by atoms with Gasteiger partial charge < -0.3 is 33.8 Å². The van der Waals surface area contributed by atoms with Gasteiger partial charge in [-0.15, -0.1) is 0 Å². The fraction of sp³-hybridized carbons (Fsp3) is 0.895. The number of esters is 4. The highest BCUT2D eigenvalue weighted by Crippen LogP contribution is 2.45. The number of rotatable bonds is 72. The number of unbranched alkanes of at least 4 members (excludes halogenated alkanes) is 37. The number of ether oxygens (including phenoxy) is 4. The molecule has 0 spiro atoms. The van der Waals surface area contributed by atoms with Crippen molar-refractivity contribution in [2.75, 3.05) is 39.6 Å². The lowest BCUT2D eigenvalue weighted by Gasteiger charge is -2.21. The number of phosphoric ester groups is 2. The van der Waals surface area contributed by atoms with Crippen molar-refractivity contribution in [3.8, 4) is 0 Å². The minimum Gasteiger partial charge on any atom is -0.462 e. The Labute approximate surface area is 580 Å². The smallest absolute Gasteiger partial charge is 0.462 e. The third-order valence-electron chi connectivity index (χ3n) is 17.0. The van der Waals surface area contributed by atoms with Gasteiger partial charge in [0.15, 0.2) is 12.2 Å². The molecule has 0 aromatic carbocycles. The van der Waals surface area contributed by atoms with Gasteiger partial charge in [-0.3, -0.25) is 37.3 Å². The number of carbonyl (C=O) groups excluding carboxylic acids is 4. The van der Waals surface area contributed by atoms with Gasteiger partial charge in [0, 0.05) is 25.7 Å². The molecule has 0 aliphatic carbocycles. The van der Waals surface area contributed by atoms with Gasteiger partial charge in [-0.1, -0.05) is 310 Å². The molecule has 0 saturated carbocycles. The van der Waals surface area contributed by atoms with Crippen LogP contribution in [-0.2, 0) is 65.4 Å². The largest absolute Gasteiger partial charge is 0.472 e. The van der Waals surface area contributed by atoms with E-state index in [0.717, 1.165) is 115 Å². The van der Waals surface area contributed by atoms with Crippen LogP contribution in [0, 0.1) is 17.8 Å². The lowest BCUT2D eigenvalue weighted by Crippen LogP contribution is -2.30. The average Bonchev–Trinajstić information content (AvgIpc) is 1.56. The summed E-state index contributed by atoms with van der Waals surface area (Å²) in [6.45, 7) is 11.7. The Morgan fingerprint density at radius 2 is 0.568 bits per heavy atom. The van der Waals surface area contributed by atoms with Crippen LogP contribution in [0.2, 0.25) is 0 Å². The summed E-state index contributed by atoms with van der Waals surface area (Å²) >= 11 is 0. The molecule has 0 aliphatic rings. The highest BCUT2D eigenvalue weighted by molar-refractivity contribution is 7.47. The third-order valence-corrected chi connectivity index (χ3v) is 18.9. The second-order valence-corrected chi connectivity index (χ2v) is 31.0. The molecule has 0 rings (SSSR count). The van der Waals surface area contributed by atoms with Crippen molar-refractivity contribution in [3.05, 3.63) is 24.3 Å². The number of carbonyl (C=O) groups is 4. The van der Waals surface area contributed by atoms with E-state index in [1.54, 1.807) is 0 Å². The van der Waals surface area contributed by atoms with Crippen molar-refractivity contribution in [1.29, 1.82) is 0 Å². The summed E-state index contributed by atoms with van der Waals surface area (Å²) in [5, 5.41) is 10.6. The molecule has 0 heterocycles. The lowest BCUT2D eigenvalue weighted by atomic mass is 10.0. The number of hydrogen-bond donors (Lipinski definition) is 3. The van der Waals surface area contributed by atoms with E-state index in [0.29, 0.717) is 37.5 Å². The van der Waals surface area contributed by atoms with Gasteiger partial charge in [0.1, 0.15) is 19.3 Å². The molecule has 0 amide bonds. The maximum atomic E-state index is 13.0. The number of hydrogen-bond acceptors (Lipinski definition) is 15. The summed E-state index contributed by atoms with van der Waals surface area (Å²) in [4.78, 5) is 72.6. The Kier molecular flexibility index (Phi) is 64.4. The van der Waals surface area contributed by atoms with Gasteiger partial charge in [0.25, 0.3) is 0 Å². The van der Waals surface area contributed by atoms with E-state index in [4.69, 9.17) is 37.0 Å². The molecule has 5 atom stereocenters. The normalized spacial score (nSPS) is 14.2. The zero-order chi connectivity index (χ0) is 70.1. The first kappa shape index (κ1) is 92.5. The van der Waals surface area contributed by atoms with E-state index in [1.807, 2.05) is 0 Å². The number of allylic oxidation sites excluding steroid dienone is 4. The molecule has 0 aromatic heterocycles. The summed E-state index contributed by atoms with van der Waals surface area (Å²) in [7, 11) is -9.92. The highest BCUT2D eigenvalue weighted by Gasteiger charge is 2.30. The topological polar surface area (TPSA) is 237 Å². The van der Waals surface area contributed by atoms with Crippen molar-refractivity contribution in [1.82, 2.24) is 0 Å². The second-order valence-electron chi connectivity index (χ2n) is 28.1. The molecule has 2 unspecified atom stereocenters. The van der Waals surface area contributed by atoms with Crippen LogP contribution in [0.25, 0.3) is 0 Å². The lowest BCUT2D eigenvalue weighted by molar-refractivity contribution is -0.161. The van der Waals surface area contributed by atoms with Gasteiger partial charge >= 0.3 is 39.5 Å². The Hall–Kier alpha value is -2.46. The summed E-state index contributed by atoms with van der Waals surface area (Å²) < 4.78 is 68.3. The quantitative estimate of drug-likeness (QED) is 0.0169. The number of aliphatic hydroxyl groups excluding tert-OH is 1. The summed E-state index contributed by atoms with van der Waals surface area (Å²) in [5.41, 5.74) is 0. The number of phosphoric acid groups is 2. The first-order valence-electron chi connectivity index (χ1n) is 38.7. The second kappa shape index (κ2) is 66.1. The molecule has 0 aromatic rings. The van der Waals surface area contributed by atoms with E-state index < -0.39 is 97.5 Å². The maximum Gasteiger partial charge on any atom is 0.472 e. The fourth-order valence-corrected chi connectivity index (χ4v) is 12.6. The predicted octanol–water partition coefficient (Wildman–Crippen LogP) is 21.7.